The van der Waals surface area contributed by atoms with E-state index >= 15 is 0 Å². The predicted octanol–water partition coefficient (Wildman–Crippen LogP) is 3.01. The summed E-state index contributed by atoms with van der Waals surface area (Å²) < 4.78 is 38.0. The van der Waals surface area contributed by atoms with E-state index in [1.807, 2.05) is 0 Å². The highest BCUT2D eigenvalue weighted by molar-refractivity contribution is 9.10. The quantitative estimate of drug-likeness (QED) is 0.813. The van der Waals surface area contributed by atoms with Crippen LogP contribution < -0.4 is 5.56 Å². The fraction of sp³-hybridized carbons (Fsp3) is 0.200. The lowest BCUT2D eigenvalue weighted by Gasteiger charge is -2.08. The smallest absolute Gasteiger partial charge is 0.302 e. The van der Waals surface area contributed by atoms with E-state index in [0.29, 0.717) is 10.0 Å². The second-order valence-corrected chi connectivity index (χ2v) is 4.45. The van der Waals surface area contributed by atoms with Crippen LogP contribution in [-0.2, 0) is 6.18 Å². The summed E-state index contributed by atoms with van der Waals surface area (Å²) in [4.78, 5) is 16.7. The summed E-state index contributed by atoms with van der Waals surface area (Å²) in [6, 6.07) is 3.04. The number of aromatic nitrogens is 2. The maximum Gasteiger partial charge on any atom is 0.449 e. The summed E-state index contributed by atoms with van der Waals surface area (Å²) in [6.45, 7) is 1.60. The Morgan fingerprint density at radius 1 is 1.35 bits per heavy atom. The van der Waals surface area contributed by atoms with Gasteiger partial charge in [-0.2, -0.15) is 13.2 Å². The molecule has 0 unspecified atom stereocenters. The van der Waals surface area contributed by atoms with Gasteiger partial charge in [0, 0.05) is 4.47 Å². The van der Waals surface area contributed by atoms with Crippen molar-refractivity contribution in [1.82, 2.24) is 9.97 Å². The molecule has 1 aromatic carbocycles. The van der Waals surface area contributed by atoms with E-state index in [-0.39, 0.29) is 10.9 Å². The van der Waals surface area contributed by atoms with Gasteiger partial charge < -0.3 is 4.98 Å². The number of nitrogens with zero attached hydrogens (tertiary/aromatic N) is 1. The highest BCUT2D eigenvalue weighted by Gasteiger charge is 2.34. The van der Waals surface area contributed by atoms with E-state index in [9.17, 15) is 18.0 Å². The Bertz CT molecular complexity index is 648. The van der Waals surface area contributed by atoms with Crippen LogP contribution in [0.5, 0.6) is 0 Å². The molecule has 1 aromatic heterocycles. The zero-order valence-electron chi connectivity index (χ0n) is 8.52. The molecule has 7 heteroatoms. The molecule has 0 atom stereocenters. The maximum absolute atomic E-state index is 12.5. The average Bonchev–Trinajstić information content (AvgIpc) is 2.17. The average molecular weight is 307 g/mol. The van der Waals surface area contributed by atoms with Gasteiger partial charge in [0.2, 0.25) is 5.82 Å². The summed E-state index contributed by atoms with van der Waals surface area (Å²) in [6.07, 6.45) is -4.66. The van der Waals surface area contributed by atoms with E-state index in [1.165, 1.54) is 6.07 Å². The van der Waals surface area contributed by atoms with Crippen LogP contribution >= 0.6 is 15.9 Å². The van der Waals surface area contributed by atoms with Gasteiger partial charge in [0.05, 0.1) is 10.9 Å². The van der Waals surface area contributed by atoms with E-state index < -0.39 is 17.6 Å². The Labute approximate surface area is 102 Å². The minimum atomic E-state index is -4.66. The third kappa shape index (κ3) is 2.19. The summed E-state index contributed by atoms with van der Waals surface area (Å²) in [5.74, 6) is -1.28. The van der Waals surface area contributed by atoms with Crippen LogP contribution in [0, 0.1) is 6.92 Å². The second kappa shape index (κ2) is 3.83. The molecule has 1 heterocycles. The number of H-pyrrole nitrogens is 1. The summed E-state index contributed by atoms with van der Waals surface area (Å²) in [5, 5.41) is 0.130. The van der Waals surface area contributed by atoms with E-state index in [0.717, 1.165) is 0 Å². The Kier molecular flexibility index (Phi) is 2.73. The molecule has 0 radical (unpaired) electrons. The normalized spacial score (nSPS) is 12.1. The predicted molar refractivity (Wildman–Crippen MR) is 59.8 cm³/mol. The van der Waals surface area contributed by atoms with Crippen molar-refractivity contribution in [3.63, 3.8) is 0 Å². The number of aryl methyl sites for hydroxylation is 1. The Hall–Kier alpha value is -1.37. The molecular formula is C10H6BrF3N2O. The molecule has 0 saturated heterocycles. The fourth-order valence-electron chi connectivity index (χ4n) is 1.51. The number of hydrogen-bond acceptors (Lipinski definition) is 2. The van der Waals surface area contributed by atoms with E-state index in [2.05, 4.69) is 20.9 Å². The van der Waals surface area contributed by atoms with Crippen LogP contribution in [0.3, 0.4) is 0 Å². The molecule has 2 rings (SSSR count). The first-order chi connectivity index (χ1) is 7.79. The molecule has 0 amide bonds. The molecular weight excluding hydrogens is 301 g/mol. The van der Waals surface area contributed by atoms with Crippen molar-refractivity contribution in [2.75, 3.05) is 0 Å². The Morgan fingerprint density at radius 2 is 2.00 bits per heavy atom. The lowest BCUT2D eigenvalue weighted by molar-refractivity contribution is -0.144. The van der Waals surface area contributed by atoms with Crippen molar-refractivity contribution < 1.29 is 13.2 Å². The number of halogens is 4. The van der Waals surface area contributed by atoms with Crippen molar-refractivity contribution >= 4 is 26.8 Å². The van der Waals surface area contributed by atoms with E-state index in [4.69, 9.17) is 0 Å². The van der Waals surface area contributed by atoms with Gasteiger partial charge in [0.1, 0.15) is 0 Å². The minimum Gasteiger partial charge on any atom is -0.302 e. The van der Waals surface area contributed by atoms with Gasteiger partial charge >= 0.3 is 6.18 Å². The van der Waals surface area contributed by atoms with Crippen LogP contribution in [0.2, 0.25) is 0 Å². The van der Waals surface area contributed by atoms with Crippen LogP contribution in [0.25, 0.3) is 10.9 Å². The number of rotatable bonds is 0. The summed E-state index contributed by atoms with van der Waals surface area (Å²) in [7, 11) is 0. The third-order valence-corrected chi connectivity index (χ3v) is 2.69. The molecule has 90 valence electrons. The van der Waals surface area contributed by atoms with Crippen LogP contribution in [0.4, 0.5) is 13.2 Å². The van der Waals surface area contributed by atoms with Gasteiger partial charge in [0.15, 0.2) is 0 Å². The first-order valence-corrected chi connectivity index (χ1v) is 5.35. The molecule has 0 saturated carbocycles. The Morgan fingerprint density at radius 3 is 2.59 bits per heavy atom. The highest BCUT2D eigenvalue weighted by atomic mass is 79.9. The molecule has 0 aliphatic rings. The number of alkyl halides is 3. The van der Waals surface area contributed by atoms with Gasteiger partial charge in [-0.1, -0.05) is 15.9 Å². The van der Waals surface area contributed by atoms with E-state index in [1.54, 1.807) is 18.0 Å². The number of fused-ring (bicyclic) bond motifs is 1. The van der Waals surface area contributed by atoms with Crippen molar-refractivity contribution in [3.05, 3.63) is 38.3 Å². The first kappa shape index (κ1) is 12.1. The molecule has 0 fully saturated rings. The molecule has 0 aliphatic heterocycles. The second-order valence-electron chi connectivity index (χ2n) is 3.53. The van der Waals surface area contributed by atoms with Gasteiger partial charge in [-0.3, -0.25) is 4.79 Å². The zero-order chi connectivity index (χ0) is 12.8. The van der Waals surface area contributed by atoms with Gasteiger partial charge in [-0.25, -0.2) is 4.98 Å². The number of aromatic amines is 1. The SMILES string of the molecule is Cc1cc(Br)cc2c(=O)[nH]c(C(F)(F)F)nc12. The largest absolute Gasteiger partial charge is 0.449 e. The molecule has 17 heavy (non-hydrogen) atoms. The molecule has 0 spiro atoms. The van der Waals surface area contributed by atoms with Crippen molar-refractivity contribution in [2.24, 2.45) is 0 Å². The van der Waals surface area contributed by atoms with Gasteiger partial charge in [-0.05, 0) is 24.6 Å². The van der Waals surface area contributed by atoms with Gasteiger partial charge in [0.25, 0.3) is 5.56 Å². The minimum absolute atomic E-state index is 0.0595. The van der Waals surface area contributed by atoms with Crippen LogP contribution in [0.15, 0.2) is 21.4 Å². The molecule has 0 bridgehead atoms. The number of hydrogen-bond donors (Lipinski definition) is 1. The monoisotopic (exact) mass is 306 g/mol. The van der Waals surface area contributed by atoms with Crippen molar-refractivity contribution in [2.45, 2.75) is 13.1 Å². The molecule has 3 nitrogen and oxygen atoms in total. The lowest BCUT2D eigenvalue weighted by atomic mass is 10.1. The maximum atomic E-state index is 12.5. The van der Waals surface area contributed by atoms with Gasteiger partial charge in [-0.15, -0.1) is 0 Å². The number of nitrogens with one attached hydrogen (secondary N) is 1. The zero-order valence-corrected chi connectivity index (χ0v) is 10.1. The summed E-state index contributed by atoms with van der Waals surface area (Å²) >= 11 is 3.17. The van der Waals surface area contributed by atoms with Crippen molar-refractivity contribution in [1.29, 1.82) is 0 Å². The third-order valence-electron chi connectivity index (χ3n) is 2.23. The highest BCUT2D eigenvalue weighted by Crippen LogP contribution is 2.27. The van der Waals surface area contributed by atoms with Crippen molar-refractivity contribution in [3.8, 4) is 0 Å². The number of benzene rings is 1. The fourth-order valence-corrected chi connectivity index (χ4v) is 2.08. The Balaban J connectivity index is 2.88. The molecule has 2 aromatic rings. The summed E-state index contributed by atoms with van der Waals surface area (Å²) in [5.41, 5.74) is -0.234. The lowest BCUT2D eigenvalue weighted by Crippen LogP contribution is -2.19. The van der Waals surface area contributed by atoms with Crippen LogP contribution in [0.1, 0.15) is 11.4 Å². The first-order valence-electron chi connectivity index (χ1n) is 4.56. The van der Waals surface area contributed by atoms with Crippen LogP contribution in [-0.4, -0.2) is 9.97 Å². The molecule has 1 N–H and O–H groups in total. The standard InChI is InChI=1S/C10H6BrF3N2O/c1-4-2-5(11)3-6-7(4)15-9(10(12,13)14)16-8(6)17/h2-3H,1H3,(H,15,16,17). The topological polar surface area (TPSA) is 45.8 Å². The molecule has 0 aliphatic carbocycles.